The minimum atomic E-state index is 0.299. The summed E-state index contributed by atoms with van der Waals surface area (Å²) in [4.78, 5) is 4.97. The zero-order chi connectivity index (χ0) is 18.8. The molecule has 0 heterocycles. The molecule has 0 saturated heterocycles. The van der Waals surface area contributed by atoms with Crippen molar-refractivity contribution in [2.45, 2.75) is 31.2 Å². The van der Waals surface area contributed by atoms with E-state index in [9.17, 15) is 0 Å². The molecule has 2 aromatic carbocycles. The summed E-state index contributed by atoms with van der Waals surface area (Å²) in [6, 6.07) is 14.3. The molecular weight excluding hydrogens is 352 g/mol. The van der Waals surface area contributed by atoms with E-state index < -0.39 is 0 Å². The quantitative estimate of drug-likeness (QED) is 0.268. The molecule has 1 unspecified atom stereocenters. The number of benzene rings is 2. The van der Waals surface area contributed by atoms with Crippen molar-refractivity contribution < 1.29 is 18.8 Å². The summed E-state index contributed by atoms with van der Waals surface area (Å²) in [7, 11) is 1.61. The van der Waals surface area contributed by atoms with Crippen LogP contribution in [0.25, 0.3) is 0 Å². The van der Waals surface area contributed by atoms with Gasteiger partial charge in [0.1, 0.15) is 18.1 Å². The number of nitrogens with one attached hydrogen (secondary N) is 1. The Bertz CT molecular complexity index is 684. The van der Waals surface area contributed by atoms with Crippen molar-refractivity contribution in [1.29, 1.82) is 0 Å². The molecule has 142 valence electrons. The van der Waals surface area contributed by atoms with Crippen LogP contribution in [0.15, 0.2) is 47.4 Å². The van der Waals surface area contributed by atoms with Crippen LogP contribution >= 0.6 is 12.0 Å². The number of rotatable bonds is 11. The molecule has 0 aromatic heterocycles. The molecule has 0 aliphatic rings. The fourth-order valence-electron chi connectivity index (χ4n) is 2.58. The standard InChI is InChI=1S/C19H26N2O4S/c1-14-6-4-5-7-17(14)23-11-10-21-15(2)12-16-8-9-18(22-3)19(13-16)26-25-24-20/h4-9,13,15,21H,10-12,20H2,1-3H3. The lowest BCUT2D eigenvalue weighted by molar-refractivity contribution is -0.195. The largest absolute Gasteiger partial charge is 0.495 e. The Hall–Kier alpha value is -1.77. The third-order valence-corrected chi connectivity index (χ3v) is 4.52. The van der Waals surface area contributed by atoms with Gasteiger partial charge in [0.05, 0.1) is 24.0 Å². The van der Waals surface area contributed by atoms with Crippen molar-refractivity contribution in [3.05, 3.63) is 53.6 Å². The van der Waals surface area contributed by atoms with Crippen LogP contribution in [0.2, 0.25) is 0 Å². The molecule has 2 rings (SSSR count). The van der Waals surface area contributed by atoms with Crippen LogP contribution in [0.5, 0.6) is 11.5 Å². The second kappa shape index (κ2) is 11.1. The Morgan fingerprint density at radius 3 is 2.69 bits per heavy atom. The zero-order valence-corrected chi connectivity index (χ0v) is 16.2. The van der Waals surface area contributed by atoms with Crippen molar-refractivity contribution in [3.8, 4) is 11.5 Å². The normalized spacial score (nSPS) is 12.0. The van der Waals surface area contributed by atoms with Crippen molar-refractivity contribution >= 4 is 12.0 Å². The van der Waals surface area contributed by atoms with Gasteiger partial charge in [0.2, 0.25) is 0 Å². The fraction of sp³-hybridized carbons (Fsp3) is 0.368. The Morgan fingerprint density at radius 1 is 1.15 bits per heavy atom. The lowest BCUT2D eigenvalue weighted by Gasteiger charge is -2.16. The van der Waals surface area contributed by atoms with E-state index in [1.54, 1.807) is 7.11 Å². The number of methoxy groups -OCH3 is 1. The first-order chi connectivity index (χ1) is 12.6. The second-order valence-corrected chi connectivity index (χ2v) is 6.65. The zero-order valence-electron chi connectivity index (χ0n) is 15.4. The summed E-state index contributed by atoms with van der Waals surface area (Å²) in [6.45, 7) is 5.59. The Balaban J connectivity index is 1.79. The maximum absolute atomic E-state index is 5.81. The first kappa shape index (κ1) is 20.5. The van der Waals surface area contributed by atoms with Gasteiger partial charge in [0.15, 0.2) is 0 Å². The van der Waals surface area contributed by atoms with Crippen LogP contribution in [-0.4, -0.2) is 26.3 Å². The van der Waals surface area contributed by atoms with Crippen molar-refractivity contribution in [2.24, 2.45) is 5.90 Å². The van der Waals surface area contributed by atoms with Gasteiger partial charge in [-0.2, -0.15) is 5.90 Å². The van der Waals surface area contributed by atoms with E-state index >= 15 is 0 Å². The van der Waals surface area contributed by atoms with Gasteiger partial charge in [-0.25, -0.2) is 0 Å². The van der Waals surface area contributed by atoms with Gasteiger partial charge < -0.3 is 14.8 Å². The number of aryl methyl sites for hydroxylation is 1. The highest BCUT2D eigenvalue weighted by atomic mass is 32.2. The summed E-state index contributed by atoms with van der Waals surface area (Å²) < 4.78 is 15.8. The summed E-state index contributed by atoms with van der Waals surface area (Å²) in [5.74, 6) is 6.54. The fourth-order valence-corrected chi connectivity index (χ4v) is 3.13. The highest BCUT2D eigenvalue weighted by Crippen LogP contribution is 2.31. The maximum Gasteiger partial charge on any atom is 0.134 e. The number of para-hydroxylation sites is 1. The van der Waals surface area contributed by atoms with Crippen LogP contribution in [0.1, 0.15) is 18.1 Å². The molecule has 2 aromatic rings. The topological polar surface area (TPSA) is 75.0 Å². The molecule has 0 aliphatic carbocycles. The van der Waals surface area contributed by atoms with Crippen molar-refractivity contribution in [2.75, 3.05) is 20.3 Å². The van der Waals surface area contributed by atoms with Gasteiger partial charge in [0.25, 0.3) is 0 Å². The number of nitrogens with two attached hydrogens (primary N) is 1. The number of hydrogen-bond acceptors (Lipinski definition) is 7. The predicted octanol–water partition coefficient (Wildman–Crippen LogP) is 3.43. The first-order valence-electron chi connectivity index (χ1n) is 8.43. The van der Waals surface area contributed by atoms with Crippen LogP contribution in [0.3, 0.4) is 0 Å². The molecule has 0 radical (unpaired) electrons. The molecule has 1 atom stereocenters. The second-order valence-electron chi connectivity index (χ2n) is 5.91. The van der Waals surface area contributed by atoms with E-state index in [-0.39, 0.29) is 0 Å². The minimum absolute atomic E-state index is 0.299. The Kier molecular flexibility index (Phi) is 8.73. The van der Waals surface area contributed by atoms with Gasteiger partial charge in [-0.1, -0.05) is 24.3 Å². The van der Waals surface area contributed by atoms with Crippen LogP contribution < -0.4 is 20.7 Å². The van der Waals surface area contributed by atoms with Crippen LogP contribution in [0.4, 0.5) is 0 Å². The highest BCUT2D eigenvalue weighted by Gasteiger charge is 2.09. The van der Waals surface area contributed by atoms with Crippen LogP contribution in [0, 0.1) is 6.92 Å². The van der Waals surface area contributed by atoms with Gasteiger partial charge in [-0.15, -0.1) is 9.32 Å². The molecule has 0 spiro atoms. The first-order valence-corrected chi connectivity index (χ1v) is 9.17. The van der Waals surface area contributed by atoms with E-state index in [0.29, 0.717) is 18.4 Å². The number of hydrogen-bond donors (Lipinski definition) is 2. The van der Waals surface area contributed by atoms with E-state index in [2.05, 4.69) is 17.2 Å². The van der Waals surface area contributed by atoms with E-state index in [4.69, 9.17) is 19.7 Å². The maximum atomic E-state index is 5.81. The molecule has 6 nitrogen and oxygen atoms in total. The molecule has 3 N–H and O–H groups in total. The summed E-state index contributed by atoms with van der Waals surface area (Å²) >= 11 is 1.02. The third kappa shape index (κ3) is 6.51. The lowest BCUT2D eigenvalue weighted by atomic mass is 10.1. The molecule has 0 fully saturated rings. The number of ether oxygens (including phenoxy) is 2. The smallest absolute Gasteiger partial charge is 0.134 e. The monoisotopic (exact) mass is 378 g/mol. The Labute approximate surface area is 159 Å². The Morgan fingerprint density at radius 2 is 1.96 bits per heavy atom. The lowest BCUT2D eigenvalue weighted by Crippen LogP contribution is -2.31. The SMILES string of the molecule is COc1ccc(CC(C)NCCOc2ccccc2C)cc1SOON. The molecule has 0 bridgehead atoms. The predicted molar refractivity (Wildman–Crippen MR) is 103 cm³/mol. The van der Waals surface area contributed by atoms with Crippen molar-refractivity contribution in [1.82, 2.24) is 5.32 Å². The van der Waals surface area contributed by atoms with Gasteiger partial charge in [0, 0.05) is 12.6 Å². The average Bonchev–Trinajstić information content (AvgIpc) is 2.65. The molecule has 7 heteroatoms. The van der Waals surface area contributed by atoms with Gasteiger partial charge >= 0.3 is 0 Å². The third-order valence-electron chi connectivity index (χ3n) is 3.88. The highest BCUT2D eigenvalue weighted by molar-refractivity contribution is 7.94. The van der Waals surface area contributed by atoms with Gasteiger partial charge in [-0.3, -0.25) is 0 Å². The molecule has 0 saturated carbocycles. The average molecular weight is 378 g/mol. The van der Waals surface area contributed by atoms with E-state index in [1.165, 1.54) is 0 Å². The van der Waals surface area contributed by atoms with E-state index in [1.807, 2.05) is 49.4 Å². The molecule has 0 aliphatic heterocycles. The summed E-state index contributed by atoms with van der Waals surface area (Å²) in [5, 5.41) is 3.47. The van der Waals surface area contributed by atoms with Gasteiger partial charge in [-0.05, 0) is 49.6 Å². The summed E-state index contributed by atoms with van der Waals surface area (Å²) in [6.07, 6.45) is 0.866. The van der Waals surface area contributed by atoms with Crippen molar-refractivity contribution in [3.63, 3.8) is 0 Å². The van der Waals surface area contributed by atoms with Crippen LogP contribution in [-0.2, 0) is 15.7 Å². The molecule has 26 heavy (non-hydrogen) atoms. The summed E-state index contributed by atoms with van der Waals surface area (Å²) in [5.41, 5.74) is 2.31. The van der Waals surface area contributed by atoms with E-state index in [0.717, 1.165) is 46.8 Å². The minimum Gasteiger partial charge on any atom is -0.495 e. The molecule has 0 amide bonds. The molecular formula is C19H26N2O4S.